The van der Waals surface area contributed by atoms with Crippen molar-refractivity contribution in [3.63, 3.8) is 0 Å². The topological polar surface area (TPSA) is 14.1 Å². The number of rotatable bonds is 1. The fourth-order valence-electron chi connectivity index (χ4n) is 0.694. The molecule has 0 radical (unpaired) electrons. The van der Waals surface area contributed by atoms with E-state index in [0.717, 1.165) is 5.69 Å². The van der Waals surface area contributed by atoms with Crippen LogP contribution < -0.4 is 68.9 Å². The van der Waals surface area contributed by atoms with E-state index in [9.17, 15) is 0 Å². The molecule has 0 aliphatic rings. The van der Waals surface area contributed by atoms with E-state index >= 15 is 0 Å². The first-order valence-electron chi connectivity index (χ1n) is 3.99. The first kappa shape index (κ1) is 15.5. The maximum absolute atomic E-state index is 4.01. The van der Waals surface area contributed by atoms with Gasteiger partial charge in [-0.3, -0.25) is 0 Å². The Balaban J connectivity index is 0. The summed E-state index contributed by atoms with van der Waals surface area (Å²) in [7, 11) is 1.80. The molecule has 1 nitrogen and oxygen atoms in total. The second-order valence-corrected chi connectivity index (χ2v) is 2.06. The molecule has 0 aromatic heterocycles. The summed E-state index contributed by atoms with van der Waals surface area (Å²) < 4.78 is 0. The summed E-state index contributed by atoms with van der Waals surface area (Å²) in [5, 5.41) is 4.01. The van der Waals surface area contributed by atoms with Crippen molar-refractivity contribution in [1.82, 2.24) is 0 Å². The van der Waals surface area contributed by atoms with Crippen LogP contribution in [0.3, 0.4) is 0 Å². The molecule has 1 aromatic rings. The molecule has 12 heavy (non-hydrogen) atoms. The van der Waals surface area contributed by atoms with Gasteiger partial charge in [-0.15, -0.1) is 12.7 Å². The van der Waals surface area contributed by atoms with E-state index in [1.165, 1.54) is 5.56 Å². The van der Waals surface area contributed by atoms with Crippen LogP contribution in [0, 0.1) is 6.92 Å². The summed E-state index contributed by atoms with van der Waals surface area (Å²) in [6, 6.07) is 8.13. The summed E-state index contributed by atoms with van der Waals surface area (Å²) in [6.07, 6.45) is 0. The molecular weight excluding hydrogens is 267 g/mol. The molecule has 0 N–H and O–H groups in total. The largest absolute Gasteiger partial charge is 1.00 e. The van der Waals surface area contributed by atoms with Crippen molar-refractivity contribution < 1.29 is 68.9 Å². The molecule has 62 valence electrons. The summed E-state index contributed by atoms with van der Waals surface area (Å²) >= 11 is 0. The van der Waals surface area contributed by atoms with Crippen LogP contribution in [0.4, 0.5) is 5.69 Å². The van der Waals surface area contributed by atoms with Gasteiger partial charge in [0.05, 0.1) is 0 Å². The molecule has 0 saturated heterocycles. The minimum Gasteiger partial charge on any atom is -0.687 e. The van der Waals surface area contributed by atoms with Gasteiger partial charge < -0.3 is 5.32 Å². The van der Waals surface area contributed by atoms with Crippen molar-refractivity contribution in [2.45, 2.75) is 20.8 Å². The number of aryl methyl sites for hydroxylation is 1. The van der Waals surface area contributed by atoms with Gasteiger partial charge >= 0.3 is 68.9 Å². The van der Waals surface area contributed by atoms with Gasteiger partial charge in [-0.25, -0.2) is 0 Å². The third kappa shape index (κ3) is 6.57. The van der Waals surface area contributed by atoms with Gasteiger partial charge in [0.15, 0.2) is 0 Å². The molecule has 0 aliphatic heterocycles. The molecule has 0 bridgehead atoms. The Kier molecular flexibility index (Phi) is 13.2. The van der Waals surface area contributed by atoms with E-state index in [1.807, 2.05) is 26.0 Å². The molecule has 0 fully saturated rings. The predicted molar refractivity (Wildman–Crippen MR) is 51.5 cm³/mol. The molecule has 0 aliphatic carbocycles. The summed E-state index contributed by atoms with van der Waals surface area (Å²) in [4.78, 5) is 0. The molecule has 0 saturated carbocycles. The molecule has 1 aromatic carbocycles. The maximum Gasteiger partial charge on any atom is 1.00 e. The standard InChI is InChI=1S/C8H10N.C2H6.Cs/c1-7-3-5-8(9-2)6-4-7;1-2;/h3-6H,1-2H3;1-2H3;/q-1;;+1. The number of hydrogen-bond donors (Lipinski definition) is 0. The summed E-state index contributed by atoms with van der Waals surface area (Å²) in [6.45, 7) is 6.07. The second kappa shape index (κ2) is 10.2. The quantitative estimate of drug-likeness (QED) is 0.719. The zero-order valence-corrected chi connectivity index (χ0v) is 15.0. The van der Waals surface area contributed by atoms with E-state index in [2.05, 4.69) is 24.4 Å². The molecular formula is C10H16CsN. The van der Waals surface area contributed by atoms with Crippen LogP contribution in [0.2, 0.25) is 0 Å². The Morgan fingerprint density at radius 3 is 1.75 bits per heavy atom. The summed E-state index contributed by atoms with van der Waals surface area (Å²) in [5.41, 5.74) is 2.32. The Bertz CT molecular complexity index is 182. The Hall–Kier alpha value is 1.07. The SMILES string of the molecule is CC.C[N-]c1ccc(C)cc1.[Cs+]. The molecule has 1 rings (SSSR count). The van der Waals surface area contributed by atoms with Crippen molar-refractivity contribution in [2.75, 3.05) is 7.05 Å². The first-order valence-corrected chi connectivity index (χ1v) is 3.99. The third-order valence-corrected chi connectivity index (χ3v) is 1.29. The Morgan fingerprint density at radius 1 is 1.00 bits per heavy atom. The van der Waals surface area contributed by atoms with Gasteiger partial charge in [0.1, 0.15) is 0 Å². The Labute approximate surface area is 135 Å². The molecule has 0 unspecified atom stereocenters. The second-order valence-electron chi connectivity index (χ2n) is 2.06. The Morgan fingerprint density at radius 2 is 1.42 bits per heavy atom. The summed E-state index contributed by atoms with van der Waals surface area (Å²) in [5.74, 6) is 0. The van der Waals surface area contributed by atoms with Crippen molar-refractivity contribution in [3.8, 4) is 0 Å². The number of nitrogens with zero attached hydrogens (tertiary/aromatic N) is 1. The molecule has 0 amide bonds. The van der Waals surface area contributed by atoms with E-state index in [0.29, 0.717) is 0 Å². The van der Waals surface area contributed by atoms with Gasteiger partial charge in [0.25, 0.3) is 0 Å². The van der Waals surface area contributed by atoms with E-state index in [1.54, 1.807) is 7.05 Å². The zero-order valence-electron chi connectivity index (χ0n) is 8.76. The molecule has 2 heteroatoms. The monoisotopic (exact) mass is 283 g/mol. The van der Waals surface area contributed by atoms with Crippen LogP contribution in [0.25, 0.3) is 5.32 Å². The number of hydrogen-bond acceptors (Lipinski definition) is 0. The molecule has 0 atom stereocenters. The van der Waals surface area contributed by atoms with Gasteiger partial charge in [-0.05, 0) is 6.92 Å². The van der Waals surface area contributed by atoms with Crippen LogP contribution in [0.5, 0.6) is 0 Å². The average molecular weight is 283 g/mol. The average Bonchev–Trinajstić information content (AvgIpc) is 2.10. The maximum atomic E-state index is 4.01. The van der Waals surface area contributed by atoms with Crippen molar-refractivity contribution >= 4 is 5.69 Å². The minimum atomic E-state index is 0. The molecule has 0 spiro atoms. The van der Waals surface area contributed by atoms with Crippen LogP contribution >= 0.6 is 0 Å². The van der Waals surface area contributed by atoms with Crippen LogP contribution in [-0.2, 0) is 0 Å². The van der Waals surface area contributed by atoms with Crippen molar-refractivity contribution in [3.05, 3.63) is 35.1 Å². The van der Waals surface area contributed by atoms with Gasteiger partial charge in [0.2, 0.25) is 0 Å². The van der Waals surface area contributed by atoms with Crippen molar-refractivity contribution in [2.24, 2.45) is 0 Å². The smallest absolute Gasteiger partial charge is 0.687 e. The van der Waals surface area contributed by atoms with Gasteiger partial charge in [-0.2, -0.15) is 0 Å². The van der Waals surface area contributed by atoms with Crippen LogP contribution in [-0.4, -0.2) is 7.05 Å². The van der Waals surface area contributed by atoms with E-state index in [4.69, 9.17) is 0 Å². The van der Waals surface area contributed by atoms with E-state index < -0.39 is 0 Å². The van der Waals surface area contributed by atoms with Gasteiger partial charge in [-0.1, -0.05) is 43.7 Å². The van der Waals surface area contributed by atoms with E-state index in [-0.39, 0.29) is 68.9 Å². The fraction of sp³-hybridized carbons (Fsp3) is 0.400. The third-order valence-electron chi connectivity index (χ3n) is 1.29. The fourth-order valence-corrected chi connectivity index (χ4v) is 0.694. The van der Waals surface area contributed by atoms with Crippen LogP contribution in [0.1, 0.15) is 19.4 Å². The number of benzene rings is 1. The molecule has 0 heterocycles. The minimum absolute atomic E-state index is 0. The van der Waals surface area contributed by atoms with Gasteiger partial charge in [0, 0.05) is 0 Å². The normalized spacial score (nSPS) is 7.33. The van der Waals surface area contributed by atoms with Crippen LogP contribution in [0.15, 0.2) is 24.3 Å². The van der Waals surface area contributed by atoms with Crippen molar-refractivity contribution in [1.29, 1.82) is 0 Å². The zero-order chi connectivity index (χ0) is 8.69. The first-order chi connectivity index (χ1) is 5.33. The predicted octanol–water partition coefficient (Wildman–Crippen LogP) is 0.660.